The van der Waals surface area contributed by atoms with E-state index in [4.69, 9.17) is 13.7 Å². The van der Waals surface area contributed by atoms with Gasteiger partial charge in [0.25, 0.3) is 5.91 Å². The maximum absolute atomic E-state index is 12.2. The highest BCUT2D eigenvalue weighted by Gasteiger charge is 2.11. The molecule has 1 aromatic carbocycles. The molecule has 0 bridgehead atoms. The van der Waals surface area contributed by atoms with Gasteiger partial charge in [-0.25, -0.2) is 4.98 Å². The Hall–Kier alpha value is -3.09. The van der Waals surface area contributed by atoms with Crippen molar-refractivity contribution >= 4 is 5.91 Å². The Labute approximate surface area is 151 Å². The normalized spacial score (nSPS) is 10.8. The number of oxazole rings is 1. The van der Waals surface area contributed by atoms with Gasteiger partial charge in [0.2, 0.25) is 5.89 Å². The second-order valence-corrected chi connectivity index (χ2v) is 6.05. The molecular weight excluding hydrogens is 334 g/mol. The summed E-state index contributed by atoms with van der Waals surface area (Å²) in [6, 6.07) is 6.94. The van der Waals surface area contributed by atoms with Crippen LogP contribution in [-0.4, -0.2) is 16.0 Å². The Morgan fingerprint density at radius 3 is 2.38 bits per heavy atom. The summed E-state index contributed by atoms with van der Waals surface area (Å²) in [6.07, 6.45) is 0. The van der Waals surface area contributed by atoms with E-state index in [1.165, 1.54) is 0 Å². The lowest BCUT2D eigenvalue weighted by atomic mass is 10.2. The van der Waals surface area contributed by atoms with Crippen LogP contribution in [0.2, 0.25) is 0 Å². The van der Waals surface area contributed by atoms with E-state index in [1.807, 2.05) is 27.7 Å². The van der Waals surface area contributed by atoms with Gasteiger partial charge in [0.05, 0.1) is 23.5 Å². The van der Waals surface area contributed by atoms with Crippen molar-refractivity contribution < 1.29 is 18.5 Å². The van der Waals surface area contributed by atoms with Crippen molar-refractivity contribution in [1.82, 2.24) is 15.5 Å². The number of rotatable bonds is 6. The highest BCUT2D eigenvalue weighted by Crippen LogP contribution is 2.18. The quantitative estimate of drug-likeness (QED) is 0.729. The van der Waals surface area contributed by atoms with Crippen LogP contribution < -0.4 is 10.1 Å². The SMILES string of the molecule is Cc1nc(CNC(=O)c2ccc(OCc3c(C)noc3C)cc2)oc1C. The van der Waals surface area contributed by atoms with Gasteiger partial charge in [-0.2, -0.15) is 0 Å². The van der Waals surface area contributed by atoms with E-state index in [1.54, 1.807) is 24.3 Å². The molecule has 0 aliphatic carbocycles. The Bertz CT molecular complexity index is 871. The van der Waals surface area contributed by atoms with Gasteiger partial charge in [-0.15, -0.1) is 0 Å². The topological polar surface area (TPSA) is 90.4 Å². The molecule has 3 rings (SSSR count). The monoisotopic (exact) mass is 355 g/mol. The van der Waals surface area contributed by atoms with Crippen LogP contribution in [0.5, 0.6) is 5.75 Å². The molecule has 3 aromatic rings. The second-order valence-electron chi connectivity index (χ2n) is 6.05. The number of benzene rings is 1. The fraction of sp³-hybridized carbons (Fsp3) is 0.316. The first-order chi connectivity index (χ1) is 12.4. The summed E-state index contributed by atoms with van der Waals surface area (Å²) in [5.74, 6) is 2.47. The molecule has 0 spiro atoms. The number of hydrogen-bond donors (Lipinski definition) is 1. The third-order valence-electron chi connectivity index (χ3n) is 4.15. The van der Waals surface area contributed by atoms with Crippen molar-refractivity contribution in [3.8, 4) is 5.75 Å². The summed E-state index contributed by atoms with van der Waals surface area (Å²) in [5.41, 5.74) is 3.11. The molecular formula is C19H21N3O4. The van der Waals surface area contributed by atoms with Gasteiger partial charge < -0.3 is 19.0 Å². The molecule has 0 aliphatic rings. The fourth-order valence-electron chi connectivity index (χ4n) is 2.44. The van der Waals surface area contributed by atoms with E-state index < -0.39 is 0 Å². The van der Waals surface area contributed by atoms with Crippen LogP contribution in [0.15, 0.2) is 33.2 Å². The van der Waals surface area contributed by atoms with Gasteiger partial charge in [0.1, 0.15) is 23.9 Å². The van der Waals surface area contributed by atoms with Crippen LogP contribution in [0.1, 0.15) is 44.7 Å². The van der Waals surface area contributed by atoms with Crippen molar-refractivity contribution in [3.63, 3.8) is 0 Å². The predicted octanol–water partition coefficient (Wildman–Crippen LogP) is 3.41. The lowest BCUT2D eigenvalue weighted by Crippen LogP contribution is -2.22. The first kappa shape index (κ1) is 17.7. The van der Waals surface area contributed by atoms with E-state index in [0.29, 0.717) is 23.8 Å². The fourth-order valence-corrected chi connectivity index (χ4v) is 2.44. The van der Waals surface area contributed by atoms with Crippen LogP contribution in [0.4, 0.5) is 0 Å². The summed E-state index contributed by atoms with van der Waals surface area (Å²) >= 11 is 0. The largest absolute Gasteiger partial charge is 0.489 e. The highest BCUT2D eigenvalue weighted by atomic mass is 16.5. The Morgan fingerprint density at radius 2 is 1.81 bits per heavy atom. The van der Waals surface area contributed by atoms with E-state index in [9.17, 15) is 4.79 Å². The molecule has 0 radical (unpaired) electrons. The van der Waals surface area contributed by atoms with Crippen molar-refractivity contribution in [2.24, 2.45) is 0 Å². The molecule has 0 unspecified atom stereocenters. The number of carbonyl (C=O) groups is 1. The third-order valence-corrected chi connectivity index (χ3v) is 4.15. The third kappa shape index (κ3) is 3.93. The summed E-state index contributed by atoms with van der Waals surface area (Å²) in [5, 5.41) is 6.69. The molecule has 136 valence electrons. The average molecular weight is 355 g/mol. The van der Waals surface area contributed by atoms with Gasteiger partial charge in [0.15, 0.2) is 0 Å². The number of aryl methyl sites for hydroxylation is 4. The van der Waals surface area contributed by atoms with Crippen LogP contribution in [-0.2, 0) is 13.2 Å². The summed E-state index contributed by atoms with van der Waals surface area (Å²) in [7, 11) is 0. The van der Waals surface area contributed by atoms with Crippen LogP contribution in [0.25, 0.3) is 0 Å². The lowest BCUT2D eigenvalue weighted by Gasteiger charge is -2.07. The summed E-state index contributed by atoms with van der Waals surface area (Å²) in [6.45, 7) is 8.05. The van der Waals surface area contributed by atoms with Gasteiger partial charge in [-0.05, 0) is 52.0 Å². The molecule has 0 atom stereocenters. The van der Waals surface area contributed by atoms with Crippen molar-refractivity contribution in [2.45, 2.75) is 40.8 Å². The van der Waals surface area contributed by atoms with Crippen LogP contribution >= 0.6 is 0 Å². The number of ether oxygens (including phenoxy) is 1. The van der Waals surface area contributed by atoms with E-state index in [0.717, 1.165) is 28.5 Å². The number of hydrogen-bond acceptors (Lipinski definition) is 6. The minimum absolute atomic E-state index is 0.198. The van der Waals surface area contributed by atoms with Crippen LogP contribution in [0.3, 0.4) is 0 Å². The Morgan fingerprint density at radius 1 is 1.08 bits per heavy atom. The summed E-state index contributed by atoms with van der Waals surface area (Å²) < 4.78 is 16.3. The minimum Gasteiger partial charge on any atom is -0.489 e. The van der Waals surface area contributed by atoms with Gasteiger partial charge in [0, 0.05) is 5.56 Å². The average Bonchev–Trinajstić information content (AvgIpc) is 3.13. The zero-order valence-electron chi connectivity index (χ0n) is 15.3. The maximum atomic E-state index is 12.2. The number of amides is 1. The number of aromatic nitrogens is 2. The van der Waals surface area contributed by atoms with Crippen molar-refractivity contribution in [2.75, 3.05) is 0 Å². The standard InChI is InChI=1S/C19H21N3O4/c1-11-13(3)25-18(21-11)9-20-19(23)15-5-7-16(8-6-15)24-10-17-12(2)22-26-14(17)4/h5-8H,9-10H2,1-4H3,(H,20,23). The van der Waals surface area contributed by atoms with Gasteiger partial charge in [-0.3, -0.25) is 4.79 Å². The molecule has 1 N–H and O–H groups in total. The summed E-state index contributed by atoms with van der Waals surface area (Å²) in [4.78, 5) is 16.5. The van der Waals surface area contributed by atoms with E-state index in [2.05, 4.69) is 15.5 Å². The minimum atomic E-state index is -0.198. The first-order valence-corrected chi connectivity index (χ1v) is 8.29. The molecule has 0 saturated carbocycles. The zero-order chi connectivity index (χ0) is 18.7. The van der Waals surface area contributed by atoms with Gasteiger partial charge >= 0.3 is 0 Å². The molecule has 2 aromatic heterocycles. The molecule has 2 heterocycles. The number of carbonyl (C=O) groups excluding carboxylic acids is 1. The predicted molar refractivity (Wildman–Crippen MR) is 93.9 cm³/mol. The Kier molecular flexibility index (Phi) is 5.06. The number of nitrogens with zero attached hydrogens (tertiary/aromatic N) is 2. The lowest BCUT2D eigenvalue weighted by molar-refractivity contribution is 0.0947. The first-order valence-electron chi connectivity index (χ1n) is 8.29. The highest BCUT2D eigenvalue weighted by molar-refractivity contribution is 5.94. The molecule has 0 aliphatic heterocycles. The van der Waals surface area contributed by atoms with Crippen LogP contribution in [0, 0.1) is 27.7 Å². The molecule has 26 heavy (non-hydrogen) atoms. The van der Waals surface area contributed by atoms with E-state index >= 15 is 0 Å². The van der Waals surface area contributed by atoms with Crippen molar-refractivity contribution in [1.29, 1.82) is 0 Å². The molecule has 7 nitrogen and oxygen atoms in total. The second kappa shape index (κ2) is 7.43. The smallest absolute Gasteiger partial charge is 0.251 e. The zero-order valence-corrected chi connectivity index (χ0v) is 15.3. The van der Waals surface area contributed by atoms with Gasteiger partial charge in [-0.1, -0.05) is 5.16 Å². The van der Waals surface area contributed by atoms with Crippen molar-refractivity contribution in [3.05, 3.63) is 64.2 Å². The molecule has 7 heteroatoms. The van der Waals surface area contributed by atoms with E-state index in [-0.39, 0.29) is 12.5 Å². The molecule has 1 amide bonds. The number of nitrogens with one attached hydrogen (secondary N) is 1. The molecule has 0 fully saturated rings. The molecule has 0 saturated heterocycles. The Balaban J connectivity index is 1.55. The maximum Gasteiger partial charge on any atom is 0.251 e.